The van der Waals surface area contributed by atoms with Gasteiger partial charge in [0.25, 0.3) is 0 Å². The highest BCUT2D eigenvalue weighted by Crippen LogP contribution is 2.17. The van der Waals surface area contributed by atoms with Crippen LogP contribution >= 0.6 is 11.6 Å². The Kier molecular flexibility index (Phi) is 5.56. The van der Waals surface area contributed by atoms with E-state index in [1.165, 1.54) is 6.07 Å². The van der Waals surface area contributed by atoms with Gasteiger partial charge in [-0.05, 0) is 26.8 Å². The molecule has 0 radical (unpaired) electrons. The van der Waals surface area contributed by atoms with Crippen LogP contribution in [0.1, 0.15) is 26.3 Å². The number of benzene rings is 1. The number of halogens is 2. The smallest absolute Gasteiger partial charge is 0.249 e. The molecule has 0 aliphatic carbocycles. The molecule has 0 aliphatic rings. The first kappa shape index (κ1) is 14.9. The van der Waals surface area contributed by atoms with Gasteiger partial charge in [-0.1, -0.05) is 23.7 Å². The molecule has 0 saturated heterocycles. The maximum atomic E-state index is 13.5. The number of carbonyl (C=O) groups excluding carboxylic acids is 1. The first-order valence-electron chi connectivity index (χ1n) is 5.78. The Balaban J connectivity index is 2.55. The molecule has 18 heavy (non-hydrogen) atoms. The second-order valence-electron chi connectivity index (χ2n) is 4.26. The molecule has 0 aliphatic heterocycles. The van der Waals surface area contributed by atoms with Gasteiger partial charge in [0.05, 0.1) is 11.1 Å². The second kappa shape index (κ2) is 6.71. The zero-order valence-corrected chi connectivity index (χ0v) is 11.4. The number of nitrogens with one attached hydrogen (secondary N) is 1. The van der Waals surface area contributed by atoms with Crippen molar-refractivity contribution in [3.05, 3.63) is 34.6 Å². The Bertz CT molecular complexity index is 423. The van der Waals surface area contributed by atoms with Crippen LogP contribution in [-0.4, -0.2) is 18.1 Å². The maximum Gasteiger partial charge on any atom is 0.249 e. The molecule has 0 bridgehead atoms. The lowest BCUT2D eigenvalue weighted by atomic mass is 10.2. The van der Waals surface area contributed by atoms with E-state index in [0.717, 1.165) is 0 Å². The van der Waals surface area contributed by atoms with Gasteiger partial charge in [-0.15, -0.1) is 0 Å². The summed E-state index contributed by atoms with van der Waals surface area (Å²) in [5.41, 5.74) is 0.354. The normalized spacial score (nSPS) is 12.6. The van der Waals surface area contributed by atoms with Gasteiger partial charge in [0, 0.05) is 12.1 Å². The standard InChI is InChI=1S/C13H17ClFNO2/c1-8(2)18-9(3)13(17)16-7-10-5-4-6-11(14)12(10)15/h4-6,8-9H,7H2,1-3H3,(H,16,17)/t9-/m0/s1. The molecule has 0 unspecified atom stereocenters. The molecule has 0 aromatic heterocycles. The van der Waals surface area contributed by atoms with Crippen LogP contribution < -0.4 is 5.32 Å². The third-order valence-electron chi connectivity index (χ3n) is 2.33. The lowest BCUT2D eigenvalue weighted by Crippen LogP contribution is -2.35. The number of ether oxygens (including phenoxy) is 1. The van der Waals surface area contributed by atoms with Crippen LogP contribution in [0.5, 0.6) is 0 Å². The topological polar surface area (TPSA) is 38.3 Å². The Morgan fingerprint density at radius 1 is 1.44 bits per heavy atom. The van der Waals surface area contributed by atoms with E-state index < -0.39 is 11.9 Å². The molecule has 1 rings (SSSR count). The van der Waals surface area contributed by atoms with E-state index in [9.17, 15) is 9.18 Å². The minimum atomic E-state index is -0.563. The Morgan fingerprint density at radius 2 is 2.11 bits per heavy atom. The lowest BCUT2D eigenvalue weighted by Gasteiger charge is -2.16. The lowest BCUT2D eigenvalue weighted by molar-refractivity contribution is -0.134. The summed E-state index contributed by atoms with van der Waals surface area (Å²) in [5, 5.41) is 2.66. The molecular formula is C13H17ClFNO2. The summed E-state index contributed by atoms with van der Waals surface area (Å²) in [7, 11) is 0. The van der Waals surface area contributed by atoms with Crippen LogP contribution in [0.15, 0.2) is 18.2 Å². The van der Waals surface area contributed by atoms with Crippen molar-refractivity contribution in [3.63, 3.8) is 0 Å². The monoisotopic (exact) mass is 273 g/mol. The molecule has 0 saturated carbocycles. The molecule has 5 heteroatoms. The summed E-state index contributed by atoms with van der Waals surface area (Å²) in [4.78, 5) is 11.7. The van der Waals surface area contributed by atoms with Crippen molar-refractivity contribution in [2.45, 2.75) is 39.5 Å². The van der Waals surface area contributed by atoms with Crippen molar-refractivity contribution in [1.29, 1.82) is 0 Å². The van der Waals surface area contributed by atoms with E-state index in [4.69, 9.17) is 16.3 Å². The highest BCUT2D eigenvalue weighted by atomic mass is 35.5. The first-order valence-corrected chi connectivity index (χ1v) is 6.15. The molecule has 100 valence electrons. The van der Waals surface area contributed by atoms with Crippen LogP contribution in [0.2, 0.25) is 5.02 Å². The van der Waals surface area contributed by atoms with E-state index in [1.54, 1.807) is 19.1 Å². The maximum absolute atomic E-state index is 13.5. The first-order chi connectivity index (χ1) is 8.41. The number of carbonyl (C=O) groups is 1. The highest BCUT2D eigenvalue weighted by Gasteiger charge is 2.15. The molecule has 1 aromatic rings. The van der Waals surface area contributed by atoms with E-state index in [1.807, 2.05) is 13.8 Å². The van der Waals surface area contributed by atoms with E-state index in [0.29, 0.717) is 5.56 Å². The number of amides is 1. The van der Waals surface area contributed by atoms with Gasteiger partial charge in [-0.25, -0.2) is 4.39 Å². The van der Waals surface area contributed by atoms with Crippen molar-refractivity contribution in [1.82, 2.24) is 5.32 Å². The van der Waals surface area contributed by atoms with Crippen LogP contribution in [-0.2, 0) is 16.1 Å². The van der Waals surface area contributed by atoms with Crippen LogP contribution in [0.3, 0.4) is 0 Å². The summed E-state index contributed by atoms with van der Waals surface area (Å²) in [5.74, 6) is -0.778. The number of rotatable bonds is 5. The molecule has 1 atom stereocenters. The van der Waals surface area contributed by atoms with Gasteiger partial charge in [0.15, 0.2) is 0 Å². The van der Waals surface area contributed by atoms with Gasteiger partial charge >= 0.3 is 0 Å². The van der Waals surface area contributed by atoms with E-state index in [-0.39, 0.29) is 23.6 Å². The van der Waals surface area contributed by atoms with Gasteiger partial charge in [-0.2, -0.15) is 0 Å². The Labute approximate surface area is 111 Å². The summed E-state index contributed by atoms with van der Waals surface area (Å²) >= 11 is 5.65. The van der Waals surface area contributed by atoms with Gasteiger partial charge in [-0.3, -0.25) is 4.79 Å². The van der Waals surface area contributed by atoms with Crippen molar-refractivity contribution in [2.24, 2.45) is 0 Å². The fourth-order valence-corrected chi connectivity index (χ4v) is 1.68. The third-order valence-corrected chi connectivity index (χ3v) is 2.62. The van der Waals surface area contributed by atoms with E-state index in [2.05, 4.69) is 5.32 Å². The van der Waals surface area contributed by atoms with Gasteiger partial charge < -0.3 is 10.1 Å². The summed E-state index contributed by atoms with van der Waals surface area (Å²) in [6, 6.07) is 4.68. The average Bonchev–Trinajstić information content (AvgIpc) is 2.29. The highest BCUT2D eigenvalue weighted by molar-refractivity contribution is 6.30. The molecule has 1 aromatic carbocycles. The molecule has 3 nitrogen and oxygen atoms in total. The molecule has 1 N–H and O–H groups in total. The Hall–Kier alpha value is -1.13. The molecular weight excluding hydrogens is 257 g/mol. The summed E-state index contributed by atoms with van der Waals surface area (Å²) in [6.07, 6.45) is -0.596. The predicted molar refractivity (Wildman–Crippen MR) is 68.9 cm³/mol. The van der Waals surface area contributed by atoms with Gasteiger partial charge in [0.2, 0.25) is 5.91 Å². The van der Waals surface area contributed by atoms with Gasteiger partial charge in [0.1, 0.15) is 11.9 Å². The van der Waals surface area contributed by atoms with Crippen molar-refractivity contribution < 1.29 is 13.9 Å². The molecule has 0 spiro atoms. The second-order valence-corrected chi connectivity index (χ2v) is 4.67. The molecule has 0 heterocycles. The summed E-state index contributed by atoms with van der Waals surface area (Å²) in [6.45, 7) is 5.45. The SMILES string of the molecule is CC(C)O[C@@H](C)C(=O)NCc1cccc(Cl)c1F. The number of hydrogen-bond acceptors (Lipinski definition) is 2. The number of hydrogen-bond donors (Lipinski definition) is 1. The largest absolute Gasteiger partial charge is 0.366 e. The average molecular weight is 274 g/mol. The predicted octanol–water partition coefficient (Wildman–Crippen LogP) is 2.91. The minimum Gasteiger partial charge on any atom is -0.366 e. The zero-order chi connectivity index (χ0) is 13.7. The minimum absolute atomic E-state index is 0.0337. The fourth-order valence-electron chi connectivity index (χ4n) is 1.48. The van der Waals surface area contributed by atoms with E-state index >= 15 is 0 Å². The molecule has 1 amide bonds. The third kappa shape index (κ3) is 4.27. The van der Waals surface area contributed by atoms with Crippen LogP contribution in [0.25, 0.3) is 0 Å². The van der Waals surface area contributed by atoms with Crippen molar-refractivity contribution in [3.8, 4) is 0 Å². The zero-order valence-electron chi connectivity index (χ0n) is 10.7. The van der Waals surface area contributed by atoms with Crippen molar-refractivity contribution in [2.75, 3.05) is 0 Å². The fraction of sp³-hybridized carbons (Fsp3) is 0.462. The summed E-state index contributed by atoms with van der Waals surface area (Å²) < 4.78 is 18.9. The Morgan fingerprint density at radius 3 is 2.72 bits per heavy atom. The van der Waals surface area contributed by atoms with Crippen molar-refractivity contribution >= 4 is 17.5 Å². The van der Waals surface area contributed by atoms with Crippen LogP contribution in [0, 0.1) is 5.82 Å². The molecule has 0 fully saturated rings. The quantitative estimate of drug-likeness (QED) is 0.896. The van der Waals surface area contributed by atoms with Crippen LogP contribution in [0.4, 0.5) is 4.39 Å².